The van der Waals surface area contributed by atoms with Gasteiger partial charge in [-0.15, -0.1) is 0 Å². The molecule has 0 spiro atoms. The van der Waals surface area contributed by atoms with Gasteiger partial charge in [0.1, 0.15) is 0 Å². The first kappa shape index (κ1) is 7.07. The predicted molar refractivity (Wildman–Crippen MR) is 38.3 cm³/mol. The van der Waals surface area contributed by atoms with Crippen LogP contribution in [0.4, 0.5) is 0 Å². The molecule has 1 aliphatic carbocycles. The SMILES string of the molecule is CC1(C)CCC(C)(O)C1. The van der Waals surface area contributed by atoms with Crippen LogP contribution in [0.15, 0.2) is 0 Å². The fourth-order valence-electron chi connectivity index (χ4n) is 1.82. The molecule has 1 aliphatic rings. The fourth-order valence-corrected chi connectivity index (χ4v) is 1.82. The molecule has 0 amide bonds. The van der Waals surface area contributed by atoms with Crippen molar-refractivity contribution in [2.75, 3.05) is 0 Å². The lowest BCUT2D eigenvalue weighted by Crippen LogP contribution is -2.20. The third-order valence-corrected chi connectivity index (χ3v) is 2.20. The van der Waals surface area contributed by atoms with E-state index in [-0.39, 0.29) is 5.60 Å². The molecule has 1 nitrogen and oxygen atoms in total. The van der Waals surface area contributed by atoms with Crippen LogP contribution in [-0.2, 0) is 0 Å². The summed E-state index contributed by atoms with van der Waals surface area (Å²) in [6.07, 6.45) is 3.10. The minimum Gasteiger partial charge on any atom is -0.390 e. The molecule has 1 fully saturated rings. The lowest BCUT2D eigenvalue weighted by atomic mass is 9.90. The van der Waals surface area contributed by atoms with Gasteiger partial charge in [-0.3, -0.25) is 0 Å². The summed E-state index contributed by atoms with van der Waals surface area (Å²) < 4.78 is 0. The Labute approximate surface area is 57.1 Å². The van der Waals surface area contributed by atoms with Gasteiger partial charge >= 0.3 is 0 Å². The fraction of sp³-hybridized carbons (Fsp3) is 1.00. The van der Waals surface area contributed by atoms with E-state index in [1.807, 2.05) is 6.92 Å². The third-order valence-electron chi connectivity index (χ3n) is 2.20. The van der Waals surface area contributed by atoms with E-state index in [0.717, 1.165) is 12.8 Å². The van der Waals surface area contributed by atoms with Crippen LogP contribution in [0.5, 0.6) is 0 Å². The molecule has 0 aromatic carbocycles. The van der Waals surface area contributed by atoms with E-state index >= 15 is 0 Å². The largest absolute Gasteiger partial charge is 0.390 e. The van der Waals surface area contributed by atoms with Crippen molar-refractivity contribution in [1.29, 1.82) is 0 Å². The molecule has 0 heterocycles. The second-order valence-corrected chi connectivity index (χ2v) is 4.34. The minimum atomic E-state index is -0.372. The lowest BCUT2D eigenvalue weighted by molar-refractivity contribution is 0.0571. The van der Waals surface area contributed by atoms with Gasteiger partial charge in [-0.25, -0.2) is 0 Å². The highest BCUT2D eigenvalue weighted by Crippen LogP contribution is 2.42. The summed E-state index contributed by atoms with van der Waals surface area (Å²) in [6, 6.07) is 0. The highest BCUT2D eigenvalue weighted by molar-refractivity contribution is 4.90. The number of hydrogen-bond donors (Lipinski definition) is 1. The molecule has 1 unspecified atom stereocenters. The molecule has 1 atom stereocenters. The van der Waals surface area contributed by atoms with E-state index in [2.05, 4.69) is 13.8 Å². The Morgan fingerprint density at radius 1 is 1.11 bits per heavy atom. The zero-order valence-electron chi connectivity index (χ0n) is 6.57. The maximum absolute atomic E-state index is 9.53. The quantitative estimate of drug-likeness (QED) is 0.528. The van der Waals surface area contributed by atoms with Gasteiger partial charge in [-0.2, -0.15) is 0 Å². The molecule has 1 heteroatoms. The van der Waals surface area contributed by atoms with Gasteiger partial charge < -0.3 is 5.11 Å². The minimum absolute atomic E-state index is 0.372. The molecule has 0 aromatic rings. The van der Waals surface area contributed by atoms with Gasteiger partial charge in [0.25, 0.3) is 0 Å². The molecule has 0 radical (unpaired) electrons. The predicted octanol–water partition coefficient (Wildman–Crippen LogP) is 1.95. The summed E-state index contributed by atoms with van der Waals surface area (Å²) in [4.78, 5) is 0. The molecule has 1 saturated carbocycles. The first-order chi connectivity index (χ1) is 3.91. The number of hydrogen-bond acceptors (Lipinski definition) is 1. The van der Waals surface area contributed by atoms with E-state index in [1.165, 1.54) is 6.42 Å². The van der Waals surface area contributed by atoms with Crippen molar-refractivity contribution in [3.63, 3.8) is 0 Å². The van der Waals surface area contributed by atoms with Crippen molar-refractivity contribution in [3.05, 3.63) is 0 Å². The lowest BCUT2D eigenvalue weighted by Gasteiger charge is -2.19. The summed E-state index contributed by atoms with van der Waals surface area (Å²) in [5.41, 5.74) is 0.00694. The van der Waals surface area contributed by atoms with E-state index in [1.54, 1.807) is 0 Å². The van der Waals surface area contributed by atoms with Crippen molar-refractivity contribution in [3.8, 4) is 0 Å². The average Bonchev–Trinajstić information content (AvgIpc) is 1.78. The molecular weight excluding hydrogens is 112 g/mol. The van der Waals surface area contributed by atoms with Gasteiger partial charge in [0.15, 0.2) is 0 Å². The Balaban J connectivity index is 2.58. The molecule has 1 N–H and O–H groups in total. The first-order valence-corrected chi connectivity index (χ1v) is 3.64. The van der Waals surface area contributed by atoms with E-state index in [0.29, 0.717) is 5.41 Å². The zero-order chi connectivity index (χ0) is 7.12. The Morgan fingerprint density at radius 3 is 1.78 bits per heavy atom. The molecule has 0 aliphatic heterocycles. The normalized spacial score (nSPS) is 41.3. The molecular formula is C8H16O. The highest BCUT2D eigenvalue weighted by Gasteiger charge is 2.37. The van der Waals surface area contributed by atoms with Crippen molar-refractivity contribution in [2.45, 2.75) is 45.6 Å². The number of rotatable bonds is 0. The van der Waals surface area contributed by atoms with Gasteiger partial charge in [-0.1, -0.05) is 13.8 Å². The zero-order valence-corrected chi connectivity index (χ0v) is 6.57. The summed E-state index contributed by atoms with van der Waals surface area (Å²) in [6.45, 7) is 6.37. The molecule has 54 valence electrons. The molecule has 9 heavy (non-hydrogen) atoms. The Kier molecular flexibility index (Phi) is 1.35. The average molecular weight is 128 g/mol. The van der Waals surface area contributed by atoms with Crippen LogP contribution in [0.1, 0.15) is 40.0 Å². The molecule has 0 saturated heterocycles. The van der Waals surface area contributed by atoms with Crippen molar-refractivity contribution >= 4 is 0 Å². The summed E-state index contributed by atoms with van der Waals surface area (Å²) in [5, 5.41) is 9.53. The van der Waals surface area contributed by atoms with Crippen molar-refractivity contribution < 1.29 is 5.11 Å². The van der Waals surface area contributed by atoms with E-state index in [4.69, 9.17) is 0 Å². The van der Waals surface area contributed by atoms with Gasteiger partial charge in [0.05, 0.1) is 5.60 Å². The summed E-state index contributed by atoms with van der Waals surface area (Å²) in [7, 11) is 0. The van der Waals surface area contributed by atoms with Crippen LogP contribution in [-0.4, -0.2) is 10.7 Å². The summed E-state index contributed by atoms with van der Waals surface area (Å²) >= 11 is 0. The molecule has 1 rings (SSSR count). The van der Waals surface area contributed by atoms with Crippen molar-refractivity contribution in [1.82, 2.24) is 0 Å². The Morgan fingerprint density at radius 2 is 1.67 bits per heavy atom. The Bertz CT molecular complexity index is 99.7. The third kappa shape index (κ3) is 1.68. The van der Waals surface area contributed by atoms with Gasteiger partial charge in [-0.05, 0) is 31.6 Å². The molecule has 0 aromatic heterocycles. The van der Waals surface area contributed by atoms with Crippen LogP contribution in [0.3, 0.4) is 0 Å². The van der Waals surface area contributed by atoms with E-state index < -0.39 is 0 Å². The van der Waals surface area contributed by atoms with Crippen LogP contribution < -0.4 is 0 Å². The topological polar surface area (TPSA) is 20.2 Å². The maximum atomic E-state index is 9.53. The van der Waals surface area contributed by atoms with E-state index in [9.17, 15) is 5.11 Å². The van der Waals surface area contributed by atoms with Crippen LogP contribution in [0.2, 0.25) is 0 Å². The smallest absolute Gasteiger partial charge is 0.0625 e. The second-order valence-electron chi connectivity index (χ2n) is 4.34. The monoisotopic (exact) mass is 128 g/mol. The molecule has 0 bridgehead atoms. The van der Waals surface area contributed by atoms with Crippen LogP contribution in [0.25, 0.3) is 0 Å². The standard InChI is InChI=1S/C8H16O/c1-7(2)4-5-8(3,9)6-7/h9H,4-6H2,1-3H3. The van der Waals surface area contributed by atoms with Crippen molar-refractivity contribution in [2.24, 2.45) is 5.41 Å². The van der Waals surface area contributed by atoms with Crippen LogP contribution in [0, 0.1) is 5.41 Å². The van der Waals surface area contributed by atoms with Gasteiger partial charge in [0, 0.05) is 0 Å². The van der Waals surface area contributed by atoms with Crippen LogP contribution >= 0.6 is 0 Å². The highest BCUT2D eigenvalue weighted by atomic mass is 16.3. The Hall–Kier alpha value is -0.0400. The number of aliphatic hydroxyl groups is 1. The second kappa shape index (κ2) is 1.72. The maximum Gasteiger partial charge on any atom is 0.0625 e. The summed E-state index contributed by atoms with van der Waals surface area (Å²) in [5.74, 6) is 0. The first-order valence-electron chi connectivity index (χ1n) is 3.64. The van der Waals surface area contributed by atoms with Gasteiger partial charge in [0.2, 0.25) is 0 Å².